The zero-order valence-corrected chi connectivity index (χ0v) is 15.7. The third-order valence-electron chi connectivity index (χ3n) is 6.37. The van der Waals surface area contributed by atoms with Gasteiger partial charge in [0.25, 0.3) is 0 Å². The summed E-state index contributed by atoms with van der Waals surface area (Å²) in [4.78, 5) is 13.9. The number of nitrogens with one attached hydrogen (secondary N) is 1. The Morgan fingerprint density at radius 2 is 2.00 bits per heavy atom. The molecule has 0 spiro atoms. The molecule has 4 nitrogen and oxygen atoms in total. The molecule has 1 aliphatic carbocycles. The molecule has 1 N–H and O–H groups in total. The fourth-order valence-corrected chi connectivity index (χ4v) is 4.48. The lowest BCUT2D eigenvalue weighted by Crippen LogP contribution is -2.43. The predicted molar refractivity (Wildman–Crippen MR) is 98.6 cm³/mol. The number of hydrogen-bond acceptors (Lipinski definition) is 3. The van der Waals surface area contributed by atoms with Crippen LogP contribution in [0.5, 0.6) is 5.75 Å². The summed E-state index contributed by atoms with van der Waals surface area (Å²) in [5.41, 5.74) is 0.180. The van der Waals surface area contributed by atoms with E-state index >= 15 is 0 Å². The van der Waals surface area contributed by atoms with Gasteiger partial charge in [0, 0.05) is 30.8 Å². The summed E-state index contributed by atoms with van der Waals surface area (Å²) in [7, 11) is 0. The van der Waals surface area contributed by atoms with Gasteiger partial charge in [0.2, 0.25) is 5.91 Å². The van der Waals surface area contributed by atoms with Gasteiger partial charge in [-0.25, -0.2) is 8.78 Å². The van der Waals surface area contributed by atoms with E-state index in [0.29, 0.717) is 12.5 Å². The molecular weight excluding hydrogens is 350 g/mol. The van der Waals surface area contributed by atoms with Gasteiger partial charge in [0.05, 0.1) is 13.0 Å². The van der Waals surface area contributed by atoms with Gasteiger partial charge in [-0.1, -0.05) is 0 Å². The van der Waals surface area contributed by atoms with Gasteiger partial charge in [-0.05, 0) is 62.9 Å². The molecule has 1 aromatic carbocycles. The molecule has 2 aliphatic heterocycles. The average molecular weight is 378 g/mol. The normalized spacial score (nSPS) is 25.2. The SMILES string of the molecule is O=C(Cc1c(F)cc(F)cc1OCC[C@@H]1C[C@H]1C1CCNCC1)N1CCC1. The smallest absolute Gasteiger partial charge is 0.227 e. The lowest BCUT2D eigenvalue weighted by molar-refractivity contribution is -0.133. The molecule has 4 rings (SSSR count). The first kappa shape index (κ1) is 18.7. The zero-order valence-electron chi connectivity index (χ0n) is 15.7. The van der Waals surface area contributed by atoms with E-state index in [2.05, 4.69) is 5.32 Å². The molecule has 0 radical (unpaired) electrons. The van der Waals surface area contributed by atoms with Crippen LogP contribution < -0.4 is 10.1 Å². The second kappa shape index (κ2) is 8.13. The van der Waals surface area contributed by atoms with Crippen molar-refractivity contribution in [1.82, 2.24) is 10.2 Å². The van der Waals surface area contributed by atoms with Crippen molar-refractivity contribution in [1.29, 1.82) is 0 Å². The second-order valence-corrected chi connectivity index (χ2v) is 8.16. The highest BCUT2D eigenvalue weighted by Crippen LogP contribution is 2.49. The Bertz CT molecular complexity index is 687. The van der Waals surface area contributed by atoms with Crippen molar-refractivity contribution < 1.29 is 18.3 Å². The van der Waals surface area contributed by atoms with Crippen LogP contribution in [0.4, 0.5) is 8.78 Å². The summed E-state index contributed by atoms with van der Waals surface area (Å²) in [6.45, 7) is 4.11. The first-order valence-electron chi connectivity index (χ1n) is 10.2. The van der Waals surface area contributed by atoms with Crippen molar-refractivity contribution in [3.8, 4) is 5.75 Å². The van der Waals surface area contributed by atoms with Crippen molar-refractivity contribution in [2.24, 2.45) is 17.8 Å². The topological polar surface area (TPSA) is 41.6 Å². The molecule has 27 heavy (non-hydrogen) atoms. The first-order chi connectivity index (χ1) is 13.1. The van der Waals surface area contributed by atoms with Crippen LogP contribution in [0.25, 0.3) is 0 Å². The maximum atomic E-state index is 14.3. The Hall–Kier alpha value is -1.69. The van der Waals surface area contributed by atoms with E-state index in [1.165, 1.54) is 25.3 Å². The lowest BCUT2D eigenvalue weighted by Gasteiger charge is -2.31. The number of piperidine rings is 1. The molecular formula is C21H28F2N2O2. The van der Waals surface area contributed by atoms with E-state index in [0.717, 1.165) is 56.9 Å². The zero-order chi connectivity index (χ0) is 18.8. The largest absolute Gasteiger partial charge is 0.493 e. The number of benzene rings is 1. The van der Waals surface area contributed by atoms with E-state index in [9.17, 15) is 13.6 Å². The Morgan fingerprint density at radius 3 is 2.70 bits per heavy atom. The van der Waals surface area contributed by atoms with Crippen LogP contribution in [0, 0.1) is 29.4 Å². The molecule has 0 aromatic heterocycles. The summed E-state index contributed by atoms with van der Waals surface area (Å²) in [5, 5.41) is 3.40. The van der Waals surface area contributed by atoms with Crippen LogP contribution >= 0.6 is 0 Å². The number of nitrogens with zero attached hydrogens (tertiary/aromatic N) is 1. The second-order valence-electron chi connectivity index (χ2n) is 8.16. The number of halogens is 2. The van der Waals surface area contributed by atoms with Crippen molar-refractivity contribution >= 4 is 5.91 Å². The molecule has 3 aliphatic rings. The number of likely N-dealkylation sites (tertiary alicyclic amines) is 1. The minimum atomic E-state index is -0.696. The van der Waals surface area contributed by atoms with Gasteiger partial charge in [-0.3, -0.25) is 4.79 Å². The molecule has 2 heterocycles. The third kappa shape index (κ3) is 4.42. The van der Waals surface area contributed by atoms with Gasteiger partial charge < -0.3 is 15.0 Å². The fourth-order valence-electron chi connectivity index (χ4n) is 4.48. The summed E-state index contributed by atoms with van der Waals surface area (Å²) in [6.07, 6.45) is 5.57. The third-order valence-corrected chi connectivity index (χ3v) is 6.37. The Labute approximate surface area is 159 Å². The van der Waals surface area contributed by atoms with Crippen LogP contribution in [0.15, 0.2) is 12.1 Å². The minimum Gasteiger partial charge on any atom is -0.493 e. The Morgan fingerprint density at radius 1 is 1.22 bits per heavy atom. The van der Waals surface area contributed by atoms with Gasteiger partial charge in [0.1, 0.15) is 17.4 Å². The molecule has 6 heteroatoms. The summed E-state index contributed by atoms with van der Waals surface area (Å²) < 4.78 is 33.7. The molecule has 2 saturated heterocycles. The minimum absolute atomic E-state index is 0.0669. The van der Waals surface area contributed by atoms with Crippen molar-refractivity contribution in [3.63, 3.8) is 0 Å². The van der Waals surface area contributed by atoms with E-state index < -0.39 is 11.6 Å². The first-order valence-corrected chi connectivity index (χ1v) is 10.2. The molecule has 0 bridgehead atoms. The molecule has 148 valence electrons. The van der Waals surface area contributed by atoms with Crippen LogP contribution in [0.2, 0.25) is 0 Å². The molecule has 1 aromatic rings. The highest BCUT2D eigenvalue weighted by atomic mass is 19.1. The highest BCUT2D eigenvalue weighted by molar-refractivity contribution is 5.80. The quantitative estimate of drug-likeness (QED) is 0.793. The number of carbonyl (C=O) groups excluding carboxylic acids is 1. The summed E-state index contributed by atoms with van der Waals surface area (Å²) >= 11 is 0. The number of amides is 1. The maximum Gasteiger partial charge on any atom is 0.227 e. The molecule has 1 amide bonds. The number of ether oxygens (including phenoxy) is 1. The molecule has 3 fully saturated rings. The van der Waals surface area contributed by atoms with Crippen LogP contribution in [0.3, 0.4) is 0 Å². The number of carbonyl (C=O) groups is 1. The monoisotopic (exact) mass is 378 g/mol. The van der Waals surface area contributed by atoms with Crippen molar-refractivity contribution in [3.05, 3.63) is 29.3 Å². The summed E-state index contributed by atoms with van der Waals surface area (Å²) in [6, 6.07) is 2.04. The van der Waals surface area contributed by atoms with E-state index in [4.69, 9.17) is 4.74 Å². The van der Waals surface area contributed by atoms with Crippen LogP contribution in [-0.2, 0) is 11.2 Å². The van der Waals surface area contributed by atoms with Gasteiger partial charge >= 0.3 is 0 Å². The van der Waals surface area contributed by atoms with Crippen molar-refractivity contribution in [2.45, 2.75) is 38.5 Å². The van der Waals surface area contributed by atoms with Crippen molar-refractivity contribution in [2.75, 3.05) is 32.8 Å². The van der Waals surface area contributed by atoms with Crippen LogP contribution in [-0.4, -0.2) is 43.6 Å². The number of rotatable bonds is 7. The highest BCUT2D eigenvalue weighted by Gasteiger charge is 2.42. The standard InChI is InChI=1S/C21H28F2N2O2/c22-16-11-19(23)18(13-21(26)25-7-1-8-25)20(12-16)27-9-4-15-10-17(15)14-2-5-24-6-3-14/h11-12,14-15,17,24H,1-10,13H2/t15-,17+/m1/s1. The molecule has 2 atom stereocenters. The molecule has 0 unspecified atom stereocenters. The predicted octanol–water partition coefficient (Wildman–Crippen LogP) is 3.14. The van der Waals surface area contributed by atoms with Crippen LogP contribution in [0.1, 0.15) is 37.7 Å². The Kier molecular flexibility index (Phi) is 5.62. The average Bonchev–Trinajstić information content (AvgIpc) is 3.36. The summed E-state index contributed by atoms with van der Waals surface area (Å²) in [5.74, 6) is 0.961. The van der Waals surface area contributed by atoms with Gasteiger partial charge in [-0.15, -0.1) is 0 Å². The van der Waals surface area contributed by atoms with E-state index in [1.807, 2.05) is 0 Å². The maximum absolute atomic E-state index is 14.3. The van der Waals surface area contributed by atoms with Gasteiger partial charge in [-0.2, -0.15) is 0 Å². The lowest BCUT2D eigenvalue weighted by atomic mass is 9.91. The number of hydrogen-bond donors (Lipinski definition) is 1. The molecule has 1 saturated carbocycles. The van der Waals surface area contributed by atoms with E-state index in [1.54, 1.807) is 4.90 Å². The van der Waals surface area contributed by atoms with Gasteiger partial charge in [0.15, 0.2) is 0 Å². The fraction of sp³-hybridized carbons (Fsp3) is 0.667. The Balaban J connectivity index is 1.32. The van der Waals surface area contributed by atoms with E-state index in [-0.39, 0.29) is 23.6 Å².